The smallest absolute Gasteiger partial charge is 0.410 e. The van der Waals surface area contributed by atoms with E-state index in [0.29, 0.717) is 23.5 Å². The Bertz CT molecular complexity index is 1050. The maximum atomic E-state index is 14.2. The molecule has 2 N–H and O–H groups in total. The van der Waals surface area contributed by atoms with Crippen molar-refractivity contribution in [1.82, 2.24) is 14.7 Å². The van der Waals surface area contributed by atoms with Crippen LogP contribution in [0.2, 0.25) is 0 Å². The Hall–Kier alpha value is -2.83. The third kappa shape index (κ3) is 3.50. The van der Waals surface area contributed by atoms with Gasteiger partial charge in [0.1, 0.15) is 17.2 Å². The van der Waals surface area contributed by atoms with Crippen LogP contribution in [0.5, 0.6) is 0 Å². The molecule has 4 rings (SSSR count). The van der Waals surface area contributed by atoms with Crippen LogP contribution in [-0.2, 0) is 10.2 Å². The largest absolute Gasteiger partial charge is 0.444 e. The van der Waals surface area contributed by atoms with Crippen LogP contribution < -0.4 is 5.73 Å². The van der Waals surface area contributed by atoms with E-state index >= 15 is 0 Å². The van der Waals surface area contributed by atoms with Crippen LogP contribution in [0.1, 0.15) is 69.0 Å². The molecule has 31 heavy (non-hydrogen) atoms. The predicted octanol–water partition coefficient (Wildman–Crippen LogP) is 5.11. The van der Waals surface area contributed by atoms with Gasteiger partial charge in [0.2, 0.25) is 0 Å². The Morgan fingerprint density at radius 3 is 2.35 bits per heavy atom. The maximum absolute atomic E-state index is 14.2. The number of halogens is 1. The minimum atomic E-state index is -0.586. The summed E-state index contributed by atoms with van der Waals surface area (Å²) in [4.78, 5) is 14.8. The topological polar surface area (TPSA) is 73.4 Å². The van der Waals surface area contributed by atoms with Crippen molar-refractivity contribution >= 4 is 11.9 Å². The molecule has 0 fully saturated rings. The summed E-state index contributed by atoms with van der Waals surface area (Å²) in [7, 11) is 0. The van der Waals surface area contributed by atoms with Crippen LogP contribution in [0.3, 0.4) is 0 Å². The summed E-state index contributed by atoms with van der Waals surface area (Å²) in [6.07, 6.45) is 5.48. The number of nitrogens with two attached hydrogens (primary N) is 1. The van der Waals surface area contributed by atoms with E-state index in [9.17, 15) is 9.18 Å². The highest BCUT2D eigenvalue weighted by atomic mass is 19.1. The molecular formula is C24H31FN4O2. The lowest BCUT2D eigenvalue weighted by Crippen LogP contribution is -2.50. The molecule has 2 aliphatic rings. The SMILES string of the molecule is Cc1cc(-n2nc3c(c2N)[C@H](C)N(C(=O)OC(C)(C)C)CC32CC=CC2)cc(C)c1F. The number of hydrogen-bond acceptors (Lipinski definition) is 4. The number of hydrogen-bond donors (Lipinski definition) is 1. The number of rotatable bonds is 1. The van der Waals surface area contributed by atoms with Crippen molar-refractivity contribution in [2.75, 3.05) is 12.3 Å². The summed E-state index contributed by atoms with van der Waals surface area (Å²) in [5, 5.41) is 4.94. The van der Waals surface area contributed by atoms with Gasteiger partial charge >= 0.3 is 6.09 Å². The summed E-state index contributed by atoms with van der Waals surface area (Å²) < 4.78 is 21.6. The van der Waals surface area contributed by atoms with Crippen molar-refractivity contribution < 1.29 is 13.9 Å². The van der Waals surface area contributed by atoms with Crippen LogP contribution in [0.4, 0.5) is 15.0 Å². The van der Waals surface area contributed by atoms with Gasteiger partial charge in [-0.2, -0.15) is 5.10 Å². The third-order valence-electron chi connectivity index (χ3n) is 6.30. The molecule has 6 nitrogen and oxygen atoms in total. The lowest BCUT2D eigenvalue weighted by atomic mass is 9.75. The molecule has 0 unspecified atom stereocenters. The van der Waals surface area contributed by atoms with Gasteiger partial charge in [-0.05, 0) is 77.6 Å². The number of aryl methyl sites for hydroxylation is 2. The molecule has 0 bridgehead atoms. The zero-order valence-corrected chi connectivity index (χ0v) is 19.1. The molecule has 1 aromatic carbocycles. The fraction of sp³-hybridized carbons (Fsp3) is 0.500. The highest BCUT2D eigenvalue weighted by molar-refractivity contribution is 5.71. The van der Waals surface area contributed by atoms with Crippen molar-refractivity contribution in [3.05, 3.63) is 52.5 Å². The van der Waals surface area contributed by atoms with Gasteiger partial charge in [0.25, 0.3) is 0 Å². The number of nitrogen functional groups attached to an aromatic ring is 1. The summed E-state index contributed by atoms with van der Waals surface area (Å²) in [5.74, 6) is 0.257. The monoisotopic (exact) mass is 426 g/mol. The minimum Gasteiger partial charge on any atom is -0.444 e. The minimum absolute atomic E-state index is 0.222. The lowest BCUT2D eigenvalue weighted by Gasteiger charge is -2.43. The molecule has 0 saturated heterocycles. The van der Waals surface area contributed by atoms with Crippen molar-refractivity contribution in [1.29, 1.82) is 0 Å². The molecule has 1 amide bonds. The molecule has 7 heteroatoms. The van der Waals surface area contributed by atoms with E-state index in [1.54, 1.807) is 35.6 Å². The molecule has 1 aromatic heterocycles. The number of amides is 1. The number of anilines is 1. The number of benzene rings is 1. The zero-order chi connectivity index (χ0) is 22.7. The first-order valence-corrected chi connectivity index (χ1v) is 10.7. The van der Waals surface area contributed by atoms with Crippen LogP contribution in [0.25, 0.3) is 5.69 Å². The first-order chi connectivity index (χ1) is 14.4. The number of fused-ring (bicyclic) bond motifs is 2. The van der Waals surface area contributed by atoms with E-state index in [2.05, 4.69) is 12.2 Å². The van der Waals surface area contributed by atoms with E-state index in [0.717, 1.165) is 29.8 Å². The number of ether oxygens (including phenoxy) is 1. The van der Waals surface area contributed by atoms with Crippen LogP contribution >= 0.6 is 0 Å². The average Bonchev–Trinajstić information content (AvgIpc) is 3.27. The molecule has 1 spiro atoms. The van der Waals surface area contributed by atoms with Gasteiger partial charge in [0.15, 0.2) is 0 Å². The van der Waals surface area contributed by atoms with Gasteiger partial charge in [-0.15, -0.1) is 0 Å². The quantitative estimate of drug-likeness (QED) is 0.643. The van der Waals surface area contributed by atoms with Gasteiger partial charge in [-0.25, -0.2) is 13.9 Å². The Balaban J connectivity index is 1.84. The number of aromatic nitrogens is 2. The fourth-order valence-electron chi connectivity index (χ4n) is 4.75. The van der Waals surface area contributed by atoms with Crippen molar-refractivity contribution in [3.63, 3.8) is 0 Å². The molecule has 0 radical (unpaired) electrons. The Kier molecular flexibility index (Phi) is 4.91. The molecule has 2 heterocycles. The molecule has 2 aromatic rings. The number of carbonyl (C=O) groups excluding carboxylic acids is 1. The average molecular weight is 427 g/mol. The van der Waals surface area contributed by atoms with Gasteiger partial charge in [-0.1, -0.05) is 12.2 Å². The van der Waals surface area contributed by atoms with Gasteiger partial charge in [-0.3, -0.25) is 0 Å². The lowest BCUT2D eigenvalue weighted by molar-refractivity contribution is 0.00854. The first-order valence-electron chi connectivity index (χ1n) is 10.7. The van der Waals surface area contributed by atoms with Gasteiger partial charge < -0.3 is 15.4 Å². The van der Waals surface area contributed by atoms with E-state index in [-0.39, 0.29) is 23.4 Å². The van der Waals surface area contributed by atoms with Crippen LogP contribution in [-0.4, -0.2) is 32.9 Å². The van der Waals surface area contributed by atoms with E-state index in [4.69, 9.17) is 15.6 Å². The summed E-state index contributed by atoms with van der Waals surface area (Å²) in [5.41, 5.74) is 9.29. The number of carbonyl (C=O) groups is 1. The highest BCUT2D eigenvalue weighted by Crippen LogP contribution is 2.48. The van der Waals surface area contributed by atoms with Crippen molar-refractivity contribution in [2.24, 2.45) is 0 Å². The summed E-state index contributed by atoms with van der Waals surface area (Å²) >= 11 is 0. The highest BCUT2D eigenvalue weighted by Gasteiger charge is 2.49. The number of allylic oxidation sites excluding steroid dienone is 2. The molecule has 0 saturated carbocycles. The van der Waals surface area contributed by atoms with Crippen LogP contribution in [0, 0.1) is 19.7 Å². The Labute approximate surface area is 182 Å². The van der Waals surface area contributed by atoms with E-state index in [1.807, 2.05) is 27.7 Å². The molecular weight excluding hydrogens is 395 g/mol. The third-order valence-corrected chi connectivity index (χ3v) is 6.30. The second-order valence-corrected chi connectivity index (χ2v) is 9.90. The van der Waals surface area contributed by atoms with Crippen molar-refractivity contribution in [3.8, 4) is 5.69 Å². The summed E-state index contributed by atoms with van der Waals surface area (Å²) in [6.45, 7) is 11.5. The second-order valence-electron chi connectivity index (χ2n) is 9.90. The molecule has 1 aliphatic carbocycles. The Morgan fingerprint density at radius 1 is 1.23 bits per heavy atom. The van der Waals surface area contributed by atoms with Gasteiger partial charge in [0.05, 0.1) is 17.4 Å². The predicted molar refractivity (Wildman–Crippen MR) is 119 cm³/mol. The summed E-state index contributed by atoms with van der Waals surface area (Å²) in [6, 6.07) is 3.23. The second kappa shape index (κ2) is 7.11. The molecule has 1 aliphatic heterocycles. The van der Waals surface area contributed by atoms with Crippen LogP contribution in [0.15, 0.2) is 24.3 Å². The first kappa shape index (κ1) is 21.4. The zero-order valence-electron chi connectivity index (χ0n) is 19.1. The Morgan fingerprint density at radius 2 is 1.81 bits per heavy atom. The molecule has 166 valence electrons. The number of nitrogens with zero attached hydrogens (tertiary/aromatic N) is 3. The maximum Gasteiger partial charge on any atom is 0.410 e. The fourth-order valence-corrected chi connectivity index (χ4v) is 4.75. The van der Waals surface area contributed by atoms with E-state index in [1.165, 1.54) is 0 Å². The normalized spacial score (nSPS) is 19.7. The van der Waals surface area contributed by atoms with Gasteiger partial charge in [0, 0.05) is 17.5 Å². The van der Waals surface area contributed by atoms with Crippen molar-refractivity contribution in [2.45, 2.75) is 71.4 Å². The molecule has 1 atom stereocenters. The standard InChI is InChI=1S/C24H31FN4O2/c1-14-11-17(12-15(2)19(14)25)29-21(26)18-16(3)28(22(30)31-23(4,5)6)13-24(20(18)27-29)9-7-8-10-24/h7-8,11-12,16H,9-10,13,26H2,1-6H3/t16-/m0/s1. The van der Waals surface area contributed by atoms with E-state index < -0.39 is 5.60 Å².